The monoisotopic (exact) mass is 399 g/mol. The Morgan fingerprint density at radius 2 is 1.71 bits per heavy atom. The predicted molar refractivity (Wildman–Crippen MR) is 113 cm³/mol. The molecular weight excluding hydrogens is 374 g/mol. The van der Waals surface area contributed by atoms with E-state index in [1.165, 1.54) is 4.90 Å². The molecule has 3 amide bonds. The maximum Gasteiger partial charge on any atom is 0.251 e. The fraction of sp³-hybridized carbons (Fsp3) is 0.286. The molecule has 0 aromatic heterocycles. The average Bonchev–Trinajstić information content (AvgIpc) is 2.68. The molecule has 7 heteroatoms. The summed E-state index contributed by atoms with van der Waals surface area (Å²) in [6.07, 6.45) is 2.06. The number of aryl methyl sites for hydroxylation is 1. The van der Waals surface area contributed by atoms with Gasteiger partial charge in [0, 0.05) is 30.5 Å². The molecular formula is C21H25N3O3S. The molecule has 0 aliphatic heterocycles. The molecule has 148 valence electrons. The molecule has 2 aromatic carbocycles. The van der Waals surface area contributed by atoms with Crippen molar-refractivity contribution in [2.75, 3.05) is 31.7 Å². The highest BCUT2D eigenvalue weighted by molar-refractivity contribution is 7.98. The number of carbonyl (C=O) groups excluding carboxylic acids is 3. The number of anilines is 1. The highest BCUT2D eigenvalue weighted by Gasteiger charge is 2.15. The number of likely N-dealkylation sites (N-methyl/N-ethyl adjacent to an activating group) is 1. The first-order valence-corrected chi connectivity index (χ1v) is 10.2. The summed E-state index contributed by atoms with van der Waals surface area (Å²) in [5.41, 5.74) is 2.20. The number of nitrogens with zero attached hydrogens (tertiary/aromatic N) is 1. The Bertz CT molecular complexity index is 854. The molecule has 0 fully saturated rings. The van der Waals surface area contributed by atoms with Crippen LogP contribution in [0.25, 0.3) is 0 Å². The topological polar surface area (TPSA) is 78.5 Å². The highest BCUT2D eigenvalue weighted by atomic mass is 32.2. The average molecular weight is 400 g/mol. The lowest BCUT2D eigenvalue weighted by Crippen LogP contribution is -2.37. The lowest BCUT2D eigenvalue weighted by molar-refractivity contribution is -0.133. The van der Waals surface area contributed by atoms with Gasteiger partial charge in [0.2, 0.25) is 11.8 Å². The number of nitrogens with one attached hydrogen (secondary N) is 2. The van der Waals surface area contributed by atoms with E-state index in [-0.39, 0.29) is 37.2 Å². The van der Waals surface area contributed by atoms with Crippen molar-refractivity contribution in [2.45, 2.75) is 18.2 Å². The van der Waals surface area contributed by atoms with Gasteiger partial charge in [-0.05, 0) is 36.9 Å². The van der Waals surface area contributed by atoms with E-state index in [0.29, 0.717) is 5.56 Å². The quantitative estimate of drug-likeness (QED) is 0.669. The van der Waals surface area contributed by atoms with Gasteiger partial charge in [-0.15, -0.1) is 11.8 Å². The van der Waals surface area contributed by atoms with E-state index < -0.39 is 0 Å². The summed E-state index contributed by atoms with van der Waals surface area (Å²) in [4.78, 5) is 38.9. The van der Waals surface area contributed by atoms with Crippen molar-refractivity contribution >= 4 is 35.2 Å². The SMILES string of the molecule is CSc1ccccc1NC(=O)CN(C)C(=O)CCNC(=O)c1ccccc1C. The molecule has 0 radical (unpaired) electrons. The van der Waals surface area contributed by atoms with E-state index in [4.69, 9.17) is 0 Å². The molecule has 0 saturated carbocycles. The van der Waals surface area contributed by atoms with Crippen LogP contribution in [-0.4, -0.2) is 49.0 Å². The Hall–Kier alpha value is -2.80. The minimum absolute atomic E-state index is 0.0483. The molecule has 0 unspecified atom stereocenters. The molecule has 2 aromatic rings. The van der Waals surface area contributed by atoms with Crippen molar-refractivity contribution < 1.29 is 14.4 Å². The first-order valence-electron chi connectivity index (χ1n) is 8.93. The molecule has 0 aliphatic rings. The standard InChI is InChI=1S/C21H25N3O3S/c1-15-8-4-5-9-16(15)21(27)22-13-12-20(26)24(2)14-19(25)23-17-10-6-7-11-18(17)28-3/h4-11H,12-14H2,1-3H3,(H,22,27)(H,23,25). The smallest absolute Gasteiger partial charge is 0.251 e. The number of hydrogen-bond acceptors (Lipinski definition) is 4. The van der Waals surface area contributed by atoms with Crippen molar-refractivity contribution in [3.63, 3.8) is 0 Å². The maximum absolute atomic E-state index is 12.2. The fourth-order valence-corrected chi connectivity index (χ4v) is 3.19. The van der Waals surface area contributed by atoms with Crippen LogP contribution in [0.2, 0.25) is 0 Å². The van der Waals surface area contributed by atoms with Gasteiger partial charge in [0.1, 0.15) is 0 Å². The van der Waals surface area contributed by atoms with Crippen LogP contribution in [0.1, 0.15) is 22.3 Å². The van der Waals surface area contributed by atoms with Crippen molar-refractivity contribution in [3.05, 3.63) is 59.7 Å². The van der Waals surface area contributed by atoms with Gasteiger partial charge in [-0.2, -0.15) is 0 Å². The van der Waals surface area contributed by atoms with Gasteiger partial charge in [-0.3, -0.25) is 14.4 Å². The van der Waals surface area contributed by atoms with Gasteiger partial charge in [0.25, 0.3) is 5.91 Å². The van der Waals surface area contributed by atoms with Crippen LogP contribution in [0.3, 0.4) is 0 Å². The number of hydrogen-bond donors (Lipinski definition) is 2. The summed E-state index contributed by atoms with van der Waals surface area (Å²) in [5, 5.41) is 5.57. The van der Waals surface area contributed by atoms with Crippen LogP contribution in [0.5, 0.6) is 0 Å². The molecule has 0 saturated heterocycles. The van der Waals surface area contributed by atoms with Crippen LogP contribution in [0.4, 0.5) is 5.69 Å². The van der Waals surface area contributed by atoms with E-state index in [1.54, 1.807) is 30.9 Å². The zero-order chi connectivity index (χ0) is 20.5. The molecule has 28 heavy (non-hydrogen) atoms. The van der Waals surface area contributed by atoms with Crippen LogP contribution in [-0.2, 0) is 9.59 Å². The lowest BCUT2D eigenvalue weighted by atomic mass is 10.1. The van der Waals surface area contributed by atoms with E-state index in [9.17, 15) is 14.4 Å². The summed E-state index contributed by atoms with van der Waals surface area (Å²) < 4.78 is 0. The van der Waals surface area contributed by atoms with Crippen LogP contribution >= 0.6 is 11.8 Å². The van der Waals surface area contributed by atoms with E-state index in [1.807, 2.05) is 49.6 Å². The lowest BCUT2D eigenvalue weighted by Gasteiger charge is -2.17. The van der Waals surface area contributed by atoms with Gasteiger partial charge in [-0.1, -0.05) is 30.3 Å². The largest absolute Gasteiger partial charge is 0.352 e. The predicted octanol–water partition coefficient (Wildman–Crippen LogP) is 2.93. The molecule has 0 bridgehead atoms. The molecule has 0 heterocycles. The third kappa shape index (κ3) is 6.13. The summed E-state index contributed by atoms with van der Waals surface area (Å²) in [6, 6.07) is 14.8. The Morgan fingerprint density at radius 3 is 2.43 bits per heavy atom. The number of benzene rings is 2. The van der Waals surface area contributed by atoms with E-state index >= 15 is 0 Å². The summed E-state index contributed by atoms with van der Waals surface area (Å²) in [6.45, 7) is 2.03. The molecule has 0 atom stereocenters. The van der Waals surface area contributed by atoms with Crippen LogP contribution in [0, 0.1) is 6.92 Å². The Morgan fingerprint density at radius 1 is 1.04 bits per heavy atom. The van der Waals surface area contributed by atoms with Crippen LogP contribution in [0.15, 0.2) is 53.4 Å². The first-order chi connectivity index (χ1) is 13.4. The normalized spacial score (nSPS) is 10.2. The first kappa shape index (κ1) is 21.5. The van der Waals surface area contributed by atoms with Gasteiger partial charge in [0.05, 0.1) is 12.2 Å². The Kier molecular flexibility index (Phi) is 8.07. The maximum atomic E-state index is 12.2. The zero-order valence-corrected chi connectivity index (χ0v) is 17.1. The van der Waals surface area contributed by atoms with Gasteiger partial charge in [-0.25, -0.2) is 0 Å². The Balaban J connectivity index is 1.78. The van der Waals surface area contributed by atoms with Gasteiger partial charge >= 0.3 is 0 Å². The number of rotatable bonds is 8. The van der Waals surface area contributed by atoms with Gasteiger partial charge in [0.15, 0.2) is 0 Å². The van der Waals surface area contributed by atoms with Crippen molar-refractivity contribution in [1.29, 1.82) is 0 Å². The number of thioether (sulfide) groups is 1. The second kappa shape index (κ2) is 10.5. The summed E-state index contributed by atoms with van der Waals surface area (Å²) in [7, 11) is 1.57. The van der Waals surface area contributed by atoms with E-state index in [0.717, 1.165) is 16.1 Å². The number of para-hydroxylation sites is 1. The Labute approximate surface area is 169 Å². The van der Waals surface area contributed by atoms with E-state index in [2.05, 4.69) is 10.6 Å². The molecule has 6 nitrogen and oxygen atoms in total. The molecule has 0 aliphatic carbocycles. The van der Waals surface area contributed by atoms with Gasteiger partial charge < -0.3 is 15.5 Å². The summed E-state index contributed by atoms with van der Waals surface area (Å²) in [5.74, 6) is -0.681. The minimum atomic E-state index is -0.263. The minimum Gasteiger partial charge on any atom is -0.352 e. The third-order valence-electron chi connectivity index (χ3n) is 4.20. The number of amides is 3. The number of carbonyl (C=O) groups is 3. The fourth-order valence-electron chi connectivity index (χ4n) is 2.64. The molecule has 2 rings (SSSR count). The third-order valence-corrected chi connectivity index (χ3v) is 5.00. The van der Waals surface area contributed by atoms with Crippen molar-refractivity contribution in [2.24, 2.45) is 0 Å². The van der Waals surface area contributed by atoms with Crippen molar-refractivity contribution in [3.8, 4) is 0 Å². The van der Waals surface area contributed by atoms with Crippen LogP contribution < -0.4 is 10.6 Å². The van der Waals surface area contributed by atoms with Crippen molar-refractivity contribution in [1.82, 2.24) is 10.2 Å². The molecule has 0 spiro atoms. The second-order valence-electron chi connectivity index (χ2n) is 6.32. The highest BCUT2D eigenvalue weighted by Crippen LogP contribution is 2.24. The molecule has 2 N–H and O–H groups in total. The summed E-state index contributed by atoms with van der Waals surface area (Å²) >= 11 is 1.54. The second-order valence-corrected chi connectivity index (χ2v) is 7.17. The zero-order valence-electron chi connectivity index (χ0n) is 16.3.